The Morgan fingerprint density at radius 3 is 2.20 bits per heavy atom. The second kappa shape index (κ2) is 4.82. The third-order valence-electron chi connectivity index (χ3n) is 1.87. The quantitative estimate of drug-likeness (QED) is 0.869. The molecule has 0 heterocycles. The molecule has 0 spiro atoms. The fraction of sp³-hybridized carbons (Fsp3) is 0.333. The third kappa shape index (κ3) is 3.45. The van der Waals surface area contributed by atoms with Gasteiger partial charge in [0, 0.05) is 10.7 Å². The van der Waals surface area contributed by atoms with E-state index in [1.807, 2.05) is 0 Å². The van der Waals surface area contributed by atoms with Gasteiger partial charge in [0.2, 0.25) is 0 Å². The van der Waals surface area contributed by atoms with Gasteiger partial charge >= 0.3 is 0 Å². The van der Waals surface area contributed by atoms with E-state index in [1.165, 1.54) is 0 Å². The van der Waals surface area contributed by atoms with Crippen LogP contribution >= 0.6 is 27.5 Å². The second-order valence-electron chi connectivity index (χ2n) is 3.18. The van der Waals surface area contributed by atoms with Crippen molar-refractivity contribution in [3.63, 3.8) is 0 Å². The minimum absolute atomic E-state index is 0.476. The molecular formula is C9H10BrClO3S. The summed E-state index contributed by atoms with van der Waals surface area (Å²) in [6, 6.07) is 6.67. The lowest BCUT2D eigenvalue weighted by atomic mass is 10.1. The van der Waals surface area contributed by atoms with E-state index in [0.29, 0.717) is 5.56 Å². The molecule has 0 unspecified atom stereocenters. The van der Waals surface area contributed by atoms with E-state index in [4.69, 9.17) is 11.6 Å². The third-order valence-corrected chi connectivity index (χ3v) is 4.68. The van der Waals surface area contributed by atoms with Crippen LogP contribution in [0, 0.1) is 0 Å². The zero-order chi connectivity index (χ0) is 11.6. The van der Waals surface area contributed by atoms with Gasteiger partial charge in [0.1, 0.15) is 6.10 Å². The summed E-state index contributed by atoms with van der Waals surface area (Å²) in [6.07, 6.45) is -0.220. The predicted molar refractivity (Wildman–Crippen MR) is 63.6 cm³/mol. The van der Waals surface area contributed by atoms with Crippen molar-refractivity contribution in [2.45, 2.75) is 10.8 Å². The molecule has 1 N–H and O–H groups in total. The lowest BCUT2D eigenvalue weighted by Crippen LogP contribution is -2.21. The second-order valence-corrected chi connectivity index (χ2v) is 6.99. The molecule has 0 aliphatic heterocycles. The summed E-state index contributed by atoms with van der Waals surface area (Å²) >= 11 is 8.87. The van der Waals surface area contributed by atoms with Crippen molar-refractivity contribution >= 4 is 37.4 Å². The molecule has 1 rings (SSSR count). The van der Waals surface area contributed by atoms with Crippen LogP contribution in [-0.4, -0.2) is 24.5 Å². The molecule has 1 aromatic rings. The van der Waals surface area contributed by atoms with Crippen molar-refractivity contribution in [1.82, 2.24) is 0 Å². The molecule has 0 aliphatic rings. The van der Waals surface area contributed by atoms with Gasteiger partial charge in [-0.2, -0.15) is 0 Å². The molecule has 2 atom stereocenters. The number of halogens is 2. The van der Waals surface area contributed by atoms with Crippen LogP contribution in [0.15, 0.2) is 28.7 Å². The monoisotopic (exact) mass is 312 g/mol. The highest BCUT2D eigenvalue weighted by atomic mass is 79.9. The number of alkyl halides is 1. The van der Waals surface area contributed by atoms with Crippen molar-refractivity contribution in [2.24, 2.45) is 0 Å². The molecule has 15 heavy (non-hydrogen) atoms. The maximum Gasteiger partial charge on any atom is 0.167 e. The Morgan fingerprint density at radius 1 is 1.33 bits per heavy atom. The Morgan fingerprint density at radius 2 is 1.80 bits per heavy atom. The van der Waals surface area contributed by atoms with Gasteiger partial charge < -0.3 is 5.11 Å². The Bertz CT molecular complexity index is 429. The number of hydrogen-bond acceptors (Lipinski definition) is 3. The summed E-state index contributed by atoms with van der Waals surface area (Å²) in [4.78, 5) is 0. The number of hydrogen-bond donors (Lipinski definition) is 1. The number of benzene rings is 1. The van der Waals surface area contributed by atoms with E-state index >= 15 is 0 Å². The van der Waals surface area contributed by atoms with E-state index in [-0.39, 0.29) is 0 Å². The average molecular weight is 314 g/mol. The van der Waals surface area contributed by atoms with Gasteiger partial charge in [0.25, 0.3) is 0 Å². The SMILES string of the molecule is CS(=O)(=O)[C@H](Cl)[C@H](O)c1ccc(Br)cc1. The molecule has 0 saturated heterocycles. The van der Waals surface area contributed by atoms with Crippen molar-refractivity contribution in [3.05, 3.63) is 34.3 Å². The number of aliphatic hydroxyl groups excluding tert-OH is 1. The van der Waals surface area contributed by atoms with Crippen molar-refractivity contribution < 1.29 is 13.5 Å². The molecule has 0 saturated carbocycles. The fourth-order valence-electron chi connectivity index (χ4n) is 1.05. The summed E-state index contributed by atoms with van der Waals surface area (Å²) in [5.74, 6) is 0. The van der Waals surface area contributed by atoms with Gasteiger partial charge in [-0.25, -0.2) is 8.42 Å². The van der Waals surface area contributed by atoms with E-state index in [1.54, 1.807) is 24.3 Å². The summed E-state index contributed by atoms with van der Waals surface area (Å²) in [5, 5.41) is 9.69. The van der Waals surface area contributed by atoms with Crippen molar-refractivity contribution in [1.29, 1.82) is 0 Å². The van der Waals surface area contributed by atoms with Crippen LogP contribution in [0.1, 0.15) is 11.7 Å². The highest BCUT2D eigenvalue weighted by Crippen LogP contribution is 2.25. The number of aliphatic hydroxyl groups is 1. The van der Waals surface area contributed by atoms with Gasteiger partial charge in [0.15, 0.2) is 14.5 Å². The normalized spacial score (nSPS) is 16.0. The van der Waals surface area contributed by atoms with Gasteiger partial charge in [0.05, 0.1) is 0 Å². The van der Waals surface area contributed by atoms with Crippen LogP contribution < -0.4 is 0 Å². The molecule has 0 aromatic heterocycles. The van der Waals surface area contributed by atoms with Crippen LogP contribution in [0.2, 0.25) is 0 Å². The molecule has 3 nitrogen and oxygen atoms in total. The lowest BCUT2D eigenvalue weighted by Gasteiger charge is -2.15. The van der Waals surface area contributed by atoms with Crippen LogP contribution in [0.3, 0.4) is 0 Å². The predicted octanol–water partition coefficient (Wildman–Crippen LogP) is 2.09. The van der Waals surface area contributed by atoms with Gasteiger partial charge in [-0.05, 0) is 17.7 Å². The molecule has 1 aromatic carbocycles. The Labute approximate surface area is 102 Å². The van der Waals surface area contributed by atoms with E-state index < -0.39 is 20.7 Å². The molecule has 0 amide bonds. The molecule has 84 valence electrons. The standard InChI is InChI=1S/C9H10BrClO3S/c1-15(13,14)9(11)8(12)6-2-4-7(10)5-3-6/h2-5,8-9,12H,1H3/t8-,9+/m1/s1. The van der Waals surface area contributed by atoms with E-state index in [2.05, 4.69) is 15.9 Å². The molecule has 0 radical (unpaired) electrons. The zero-order valence-electron chi connectivity index (χ0n) is 7.89. The van der Waals surface area contributed by atoms with Crippen molar-refractivity contribution in [2.75, 3.05) is 6.26 Å². The highest BCUT2D eigenvalue weighted by molar-refractivity contribution is 9.10. The maximum atomic E-state index is 11.1. The Kier molecular flexibility index (Phi) is 4.17. The smallest absolute Gasteiger partial charge is 0.167 e. The van der Waals surface area contributed by atoms with E-state index in [9.17, 15) is 13.5 Å². The minimum Gasteiger partial charge on any atom is -0.386 e. The molecule has 0 fully saturated rings. The Hall–Kier alpha value is -0.100. The highest BCUT2D eigenvalue weighted by Gasteiger charge is 2.27. The van der Waals surface area contributed by atoms with Gasteiger partial charge in [-0.15, -0.1) is 11.6 Å². The fourth-order valence-corrected chi connectivity index (χ4v) is 2.08. The lowest BCUT2D eigenvalue weighted by molar-refractivity contribution is 0.192. The van der Waals surface area contributed by atoms with Crippen LogP contribution in [0.5, 0.6) is 0 Å². The first-order chi connectivity index (χ1) is 6.82. The topological polar surface area (TPSA) is 54.4 Å². The number of rotatable bonds is 3. The first kappa shape index (κ1) is 13.0. The van der Waals surface area contributed by atoms with Crippen LogP contribution in [0.25, 0.3) is 0 Å². The number of sulfone groups is 1. The van der Waals surface area contributed by atoms with E-state index in [0.717, 1.165) is 10.7 Å². The van der Waals surface area contributed by atoms with Crippen molar-refractivity contribution in [3.8, 4) is 0 Å². The molecule has 6 heteroatoms. The molecule has 0 aliphatic carbocycles. The summed E-state index contributed by atoms with van der Waals surface area (Å²) in [7, 11) is -3.46. The molecular weight excluding hydrogens is 304 g/mol. The molecule has 0 bridgehead atoms. The first-order valence-corrected chi connectivity index (χ1v) is 7.27. The largest absolute Gasteiger partial charge is 0.386 e. The maximum absolute atomic E-state index is 11.1. The minimum atomic E-state index is -3.46. The van der Waals surface area contributed by atoms with Crippen LogP contribution in [0.4, 0.5) is 0 Å². The van der Waals surface area contributed by atoms with Crippen LogP contribution in [-0.2, 0) is 9.84 Å². The zero-order valence-corrected chi connectivity index (χ0v) is 11.1. The van der Waals surface area contributed by atoms with Gasteiger partial charge in [-0.3, -0.25) is 0 Å². The first-order valence-electron chi connectivity index (χ1n) is 4.09. The Balaban J connectivity index is 2.95. The van der Waals surface area contributed by atoms with Gasteiger partial charge in [-0.1, -0.05) is 28.1 Å². The summed E-state index contributed by atoms with van der Waals surface area (Å²) < 4.78 is 21.8. The summed E-state index contributed by atoms with van der Waals surface area (Å²) in [6.45, 7) is 0. The summed E-state index contributed by atoms with van der Waals surface area (Å²) in [5.41, 5.74) is 0.476. The average Bonchev–Trinajstić information content (AvgIpc) is 2.15.